The molecule has 0 bridgehead atoms. The minimum absolute atomic E-state index is 0.290. The van der Waals surface area contributed by atoms with E-state index < -0.39 is 5.97 Å². The summed E-state index contributed by atoms with van der Waals surface area (Å²) in [5.74, 6) is 1.99. The van der Waals surface area contributed by atoms with Gasteiger partial charge in [-0.3, -0.25) is 4.90 Å². The molecule has 164 valence electrons. The number of benzene rings is 1. The van der Waals surface area contributed by atoms with Crippen LogP contribution in [0.2, 0.25) is 0 Å². The molecule has 2 aromatic heterocycles. The third kappa shape index (κ3) is 4.71. The maximum Gasteiger partial charge on any atom is 0.342 e. The minimum Gasteiger partial charge on any atom is -0.462 e. The van der Waals surface area contributed by atoms with E-state index in [1.54, 1.807) is 20.8 Å². The highest BCUT2D eigenvalue weighted by Gasteiger charge is 2.24. The Morgan fingerprint density at radius 2 is 1.90 bits per heavy atom. The number of piperidine rings is 1. The molecule has 3 aromatic rings. The quantitative estimate of drug-likeness (QED) is 0.560. The number of anilines is 2. The van der Waals surface area contributed by atoms with E-state index in [9.17, 15) is 4.79 Å². The topological polar surface area (TPSA) is 80.5 Å². The summed E-state index contributed by atoms with van der Waals surface area (Å²) in [5.41, 5.74) is 2.93. The zero-order valence-corrected chi connectivity index (χ0v) is 18.7. The number of carbonyl (C=O) groups is 1. The molecule has 0 atom stereocenters. The monoisotopic (exact) mass is 422 g/mol. The summed E-state index contributed by atoms with van der Waals surface area (Å²) >= 11 is 0. The van der Waals surface area contributed by atoms with Crippen LogP contribution in [0, 0.1) is 19.8 Å². The van der Waals surface area contributed by atoms with Gasteiger partial charge in [0, 0.05) is 12.2 Å². The van der Waals surface area contributed by atoms with E-state index in [2.05, 4.69) is 39.2 Å². The second-order valence-corrected chi connectivity index (χ2v) is 8.33. The molecule has 7 heteroatoms. The molecule has 0 aliphatic carbocycles. The van der Waals surface area contributed by atoms with Crippen molar-refractivity contribution >= 4 is 28.6 Å². The Morgan fingerprint density at radius 1 is 1.19 bits per heavy atom. The molecule has 0 amide bonds. The van der Waals surface area contributed by atoms with Gasteiger partial charge in [0.05, 0.1) is 12.0 Å². The van der Waals surface area contributed by atoms with E-state index in [4.69, 9.17) is 9.15 Å². The van der Waals surface area contributed by atoms with Crippen molar-refractivity contribution in [3.05, 3.63) is 47.0 Å². The highest BCUT2D eigenvalue weighted by Crippen LogP contribution is 2.32. The van der Waals surface area contributed by atoms with Crippen molar-refractivity contribution in [2.45, 2.75) is 47.1 Å². The van der Waals surface area contributed by atoms with E-state index >= 15 is 0 Å². The Bertz CT molecular complexity index is 1070. The van der Waals surface area contributed by atoms with E-state index in [0.29, 0.717) is 34.1 Å². The number of aromatic nitrogens is 2. The molecule has 3 heterocycles. The van der Waals surface area contributed by atoms with E-state index in [1.165, 1.54) is 18.4 Å². The fraction of sp³-hybridized carbons (Fsp3) is 0.458. The Morgan fingerprint density at radius 3 is 2.58 bits per heavy atom. The van der Waals surface area contributed by atoms with Gasteiger partial charge in [0.25, 0.3) is 0 Å². The van der Waals surface area contributed by atoms with Crippen LogP contribution in [-0.2, 0) is 11.3 Å². The van der Waals surface area contributed by atoms with Gasteiger partial charge < -0.3 is 14.5 Å². The SMILES string of the molecule is CCOC(=O)c1c(C)oc2nc(C)nc(Nc3ccc(CN4CCC(C)CC4)cc3)c12. The number of fused-ring (bicyclic) bond motifs is 1. The lowest BCUT2D eigenvalue weighted by molar-refractivity contribution is 0.0526. The number of rotatable bonds is 6. The van der Waals surface area contributed by atoms with Crippen LogP contribution in [0.1, 0.15) is 54.2 Å². The van der Waals surface area contributed by atoms with Crippen molar-refractivity contribution in [2.75, 3.05) is 25.0 Å². The summed E-state index contributed by atoms with van der Waals surface area (Å²) in [6.45, 7) is 11.2. The van der Waals surface area contributed by atoms with Gasteiger partial charge in [0.2, 0.25) is 5.71 Å². The fourth-order valence-corrected chi connectivity index (χ4v) is 4.07. The van der Waals surface area contributed by atoms with Gasteiger partial charge in [-0.1, -0.05) is 19.1 Å². The van der Waals surface area contributed by atoms with Crippen molar-refractivity contribution in [1.29, 1.82) is 0 Å². The molecule has 4 rings (SSSR count). The standard InChI is InChI=1S/C24H30N4O3/c1-5-30-24(29)20-16(3)31-23-21(20)22(25-17(4)26-23)27-19-8-6-18(7-9-19)14-28-12-10-15(2)11-13-28/h6-9,15H,5,10-14H2,1-4H3,(H,25,26,27). The number of aryl methyl sites for hydroxylation is 2. The van der Waals surface area contributed by atoms with Crippen LogP contribution in [-0.4, -0.2) is 40.5 Å². The summed E-state index contributed by atoms with van der Waals surface area (Å²) in [5, 5.41) is 3.89. The van der Waals surface area contributed by atoms with Gasteiger partial charge in [-0.15, -0.1) is 0 Å². The number of nitrogens with zero attached hydrogens (tertiary/aromatic N) is 3. The Hall–Kier alpha value is -2.93. The predicted octanol–water partition coefficient (Wildman–Crippen LogP) is 4.99. The number of furan rings is 1. The number of carbonyl (C=O) groups excluding carboxylic acids is 1. The molecule has 1 aliphatic rings. The maximum atomic E-state index is 12.5. The number of hydrogen-bond donors (Lipinski definition) is 1. The van der Waals surface area contributed by atoms with Crippen LogP contribution in [0.5, 0.6) is 0 Å². The molecule has 0 unspecified atom stereocenters. The molecule has 0 spiro atoms. The van der Waals surface area contributed by atoms with Gasteiger partial charge in [-0.2, -0.15) is 4.98 Å². The first-order valence-electron chi connectivity index (χ1n) is 11.0. The number of hydrogen-bond acceptors (Lipinski definition) is 7. The van der Waals surface area contributed by atoms with Gasteiger partial charge in [-0.05, 0) is 70.3 Å². The van der Waals surface area contributed by atoms with Crippen LogP contribution in [0.3, 0.4) is 0 Å². The number of likely N-dealkylation sites (tertiary alicyclic amines) is 1. The Balaban J connectivity index is 1.57. The maximum absolute atomic E-state index is 12.5. The second kappa shape index (κ2) is 9.06. The van der Waals surface area contributed by atoms with Crippen LogP contribution >= 0.6 is 0 Å². The summed E-state index contributed by atoms with van der Waals surface area (Å²) < 4.78 is 11.0. The molecule has 0 radical (unpaired) electrons. The van der Waals surface area contributed by atoms with E-state index in [-0.39, 0.29) is 6.61 Å². The third-order valence-electron chi connectivity index (χ3n) is 5.82. The van der Waals surface area contributed by atoms with Crippen LogP contribution in [0.4, 0.5) is 11.5 Å². The largest absolute Gasteiger partial charge is 0.462 e. The van der Waals surface area contributed by atoms with Gasteiger partial charge in [-0.25, -0.2) is 9.78 Å². The van der Waals surface area contributed by atoms with Crippen molar-refractivity contribution in [3.8, 4) is 0 Å². The number of esters is 1. The highest BCUT2D eigenvalue weighted by molar-refractivity contribution is 6.08. The molecule has 1 aromatic carbocycles. The average Bonchev–Trinajstić information content (AvgIpc) is 3.07. The second-order valence-electron chi connectivity index (χ2n) is 8.33. The van der Waals surface area contributed by atoms with Crippen molar-refractivity contribution < 1.29 is 13.9 Å². The van der Waals surface area contributed by atoms with Gasteiger partial charge in [0.15, 0.2) is 0 Å². The lowest BCUT2D eigenvalue weighted by Crippen LogP contribution is -2.32. The molecule has 1 saturated heterocycles. The molecule has 0 saturated carbocycles. The first kappa shape index (κ1) is 21.3. The normalized spacial score (nSPS) is 15.4. The molecular weight excluding hydrogens is 392 g/mol. The van der Waals surface area contributed by atoms with Crippen LogP contribution in [0.15, 0.2) is 28.7 Å². The number of ether oxygens (including phenoxy) is 1. The van der Waals surface area contributed by atoms with Gasteiger partial charge in [0.1, 0.15) is 23.0 Å². The lowest BCUT2D eigenvalue weighted by atomic mass is 9.99. The zero-order chi connectivity index (χ0) is 22.0. The summed E-state index contributed by atoms with van der Waals surface area (Å²) in [7, 11) is 0. The zero-order valence-electron chi connectivity index (χ0n) is 18.7. The predicted molar refractivity (Wildman–Crippen MR) is 121 cm³/mol. The van der Waals surface area contributed by atoms with Crippen LogP contribution < -0.4 is 5.32 Å². The van der Waals surface area contributed by atoms with Crippen LogP contribution in [0.25, 0.3) is 11.1 Å². The molecular formula is C24H30N4O3. The highest BCUT2D eigenvalue weighted by atomic mass is 16.5. The first-order chi connectivity index (χ1) is 14.9. The first-order valence-corrected chi connectivity index (χ1v) is 11.0. The molecule has 1 N–H and O–H groups in total. The fourth-order valence-electron chi connectivity index (χ4n) is 4.07. The van der Waals surface area contributed by atoms with E-state index in [1.807, 2.05) is 12.1 Å². The minimum atomic E-state index is -0.430. The molecule has 31 heavy (non-hydrogen) atoms. The third-order valence-corrected chi connectivity index (χ3v) is 5.82. The van der Waals surface area contributed by atoms with Crippen molar-refractivity contribution in [2.24, 2.45) is 5.92 Å². The summed E-state index contributed by atoms with van der Waals surface area (Å²) in [6.07, 6.45) is 2.55. The smallest absolute Gasteiger partial charge is 0.342 e. The average molecular weight is 423 g/mol. The lowest BCUT2D eigenvalue weighted by Gasteiger charge is -2.30. The summed E-state index contributed by atoms with van der Waals surface area (Å²) in [6, 6.07) is 8.36. The Kier molecular flexibility index (Phi) is 6.23. The molecule has 1 fully saturated rings. The van der Waals surface area contributed by atoms with Crippen molar-refractivity contribution in [1.82, 2.24) is 14.9 Å². The van der Waals surface area contributed by atoms with Crippen molar-refractivity contribution in [3.63, 3.8) is 0 Å². The van der Waals surface area contributed by atoms with Gasteiger partial charge >= 0.3 is 5.97 Å². The Labute approximate surface area is 182 Å². The summed E-state index contributed by atoms with van der Waals surface area (Å²) in [4.78, 5) is 23.9. The molecule has 7 nitrogen and oxygen atoms in total. The molecule has 1 aliphatic heterocycles. The number of nitrogens with one attached hydrogen (secondary N) is 1. The van der Waals surface area contributed by atoms with E-state index in [0.717, 1.165) is 31.2 Å².